The summed E-state index contributed by atoms with van der Waals surface area (Å²) in [6, 6.07) is 0.0932. The number of likely N-dealkylation sites (N-methyl/N-ethyl adjacent to an activating group) is 1. The summed E-state index contributed by atoms with van der Waals surface area (Å²) < 4.78 is 9.84. The number of amides is 1. The molecule has 0 aromatic carbocycles. The molecule has 86 valence electrons. The van der Waals surface area contributed by atoms with Gasteiger partial charge in [-0.2, -0.15) is 0 Å². The van der Waals surface area contributed by atoms with Gasteiger partial charge in [-0.1, -0.05) is 0 Å². The highest BCUT2D eigenvalue weighted by atomic mass is 16.5. The van der Waals surface area contributed by atoms with Crippen LogP contribution in [0, 0.1) is 0 Å². The molecule has 1 heterocycles. The fourth-order valence-electron chi connectivity index (χ4n) is 1.58. The van der Waals surface area contributed by atoms with Gasteiger partial charge in [0, 0.05) is 26.3 Å². The fourth-order valence-corrected chi connectivity index (χ4v) is 1.58. The Kier molecular flexibility index (Phi) is 4.55. The molecule has 0 spiro atoms. The zero-order valence-corrected chi connectivity index (χ0v) is 9.19. The van der Waals surface area contributed by atoms with E-state index in [-0.39, 0.29) is 12.6 Å². The molecule has 0 unspecified atom stereocenters. The highest BCUT2D eigenvalue weighted by Gasteiger charge is 2.27. The smallest absolute Gasteiger partial charge is 0.397 e. The van der Waals surface area contributed by atoms with E-state index in [1.807, 2.05) is 0 Å². The Morgan fingerprint density at radius 3 is 2.53 bits per heavy atom. The van der Waals surface area contributed by atoms with Crippen molar-refractivity contribution in [2.45, 2.75) is 25.8 Å². The van der Waals surface area contributed by atoms with Crippen LogP contribution >= 0.6 is 0 Å². The predicted molar refractivity (Wildman–Crippen MR) is 53.2 cm³/mol. The van der Waals surface area contributed by atoms with Crippen LogP contribution in [-0.2, 0) is 19.1 Å². The monoisotopic (exact) mass is 215 g/mol. The molecule has 1 amide bonds. The summed E-state index contributed by atoms with van der Waals surface area (Å²) >= 11 is 0. The zero-order valence-electron chi connectivity index (χ0n) is 9.19. The molecule has 5 nitrogen and oxygen atoms in total. The van der Waals surface area contributed by atoms with Crippen LogP contribution in [0.5, 0.6) is 0 Å². The van der Waals surface area contributed by atoms with Gasteiger partial charge in [0.25, 0.3) is 0 Å². The highest BCUT2D eigenvalue weighted by Crippen LogP contribution is 2.12. The first kappa shape index (κ1) is 12.0. The molecule has 15 heavy (non-hydrogen) atoms. The molecule has 0 aromatic rings. The number of hydrogen-bond donors (Lipinski definition) is 0. The van der Waals surface area contributed by atoms with Crippen molar-refractivity contribution in [2.24, 2.45) is 0 Å². The van der Waals surface area contributed by atoms with Crippen molar-refractivity contribution in [3.8, 4) is 0 Å². The first-order chi connectivity index (χ1) is 7.16. The van der Waals surface area contributed by atoms with Gasteiger partial charge in [-0.25, -0.2) is 4.79 Å². The maximum absolute atomic E-state index is 11.5. The van der Waals surface area contributed by atoms with Crippen molar-refractivity contribution >= 4 is 11.9 Å². The van der Waals surface area contributed by atoms with Crippen LogP contribution in [0.4, 0.5) is 0 Å². The maximum atomic E-state index is 11.5. The average Bonchev–Trinajstić information content (AvgIpc) is 2.28. The third-order valence-corrected chi connectivity index (χ3v) is 2.51. The number of ether oxygens (including phenoxy) is 2. The standard InChI is InChI=1S/C10H17NO4/c1-3-15-10(13)9(12)11(2)8-4-6-14-7-5-8/h8H,3-7H2,1-2H3. The van der Waals surface area contributed by atoms with Gasteiger partial charge in [-0.15, -0.1) is 0 Å². The van der Waals surface area contributed by atoms with Crippen LogP contribution in [0.15, 0.2) is 0 Å². The molecule has 1 saturated heterocycles. The molecule has 0 N–H and O–H groups in total. The second kappa shape index (κ2) is 5.70. The Bertz CT molecular complexity index is 236. The molecule has 0 atom stereocenters. The van der Waals surface area contributed by atoms with Gasteiger partial charge in [0.1, 0.15) is 0 Å². The van der Waals surface area contributed by atoms with Crippen molar-refractivity contribution in [3.05, 3.63) is 0 Å². The lowest BCUT2D eigenvalue weighted by Gasteiger charge is -2.30. The Morgan fingerprint density at radius 2 is 2.00 bits per heavy atom. The molecule has 5 heteroatoms. The van der Waals surface area contributed by atoms with Gasteiger partial charge in [0.2, 0.25) is 0 Å². The zero-order chi connectivity index (χ0) is 11.3. The summed E-state index contributed by atoms with van der Waals surface area (Å²) in [5.41, 5.74) is 0. The Labute approximate surface area is 89.3 Å². The summed E-state index contributed by atoms with van der Waals surface area (Å²) in [6.07, 6.45) is 1.56. The van der Waals surface area contributed by atoms with E-state index in [4.69, 9.17) is 4.74 Å². The molecule has 0 aromatic heterocycles. The minimum absolute atomic E-state index is 0.0932. The van der Waals surface area contributed by atoms with E-state index in [0.717, 1.165) is 12.8 Å². The molecule has 0 radical (unpaired) electrons. The topological polar surface area (TPSA) is 55.8 Å². The second-order valence-electron chi connectivity index (χ2n) is 3.48. The lowest BCUT2D eigenvalue weighted by atomic mass is 10.1. The van der Waals surface area contributed by atoms with Gasteiger partial charge in [0.05, 0.1) is 6.61 Å². The number of esters is 1. The van der Waals surface area contributed by atoms with Gasteiger partial charge in [-0.3, -0.25) is 4.79 Å². The van der Waals surface area contributed by atoms with Crippen molar-refractivity contribution in [1.82, 2.24) is 4.90 Å². The number of hydrogen-bond acceptors (Lipinski definition) is 4. The van der Waals surface area contributed by atoms with Crippen LogP contribution in [0.2, 0.25) is 0 Å². The van der Waals surface area contributed by atoms with E-state index in [9.17, 15) is 9.59 Å². The number of nitrogens with zero attached hydrogens (tertiary/aromatic N) is 1. The molecular formula is C10H17NO4. The van der Waals surface area contributed by atoms with Crippen LogP contribution in [-0.4, -0.2) is 49.7 Å². The Morgan fingerprint density at radius 1 is 1.40 bits per heavy atom. The normalized spacial score (nSPS) is 17.2. The van der Waals surface area contributed by atoms with E-state index >= 15 is 0 Å². The predicted octanol–water partition coefficient (Wildman–Crippen LogP) is 0.187. The average molecular weight is 215 g/mol. The first-order valence-corrected chi connectivity index (χ1v) is 5.18. The third kappa shape index (κ3) is 3.20. The van der Waals surface area contributed by atoms with E-state index in [2.05, 4.69) is 4.74 Å². The third-order valence-electron chi connectivity index (χ3n) is 2.51. The molecule has 1 aliphatic heterocycles. The lowest BCUT2D eigenvalue weighted by Crippen LogP contribution is -2.44. The number of carbonyl (C=O) groups excluding carboxylic acids is 2. The summed E-state index contributed by atoms with van der Waals surface area (Å²) in [7, 11) is 1.63. The molecule has 1 rings (SSSR count). The fraction of sp³-hybridized carbons (Fsp3) is 0.800. The lowest BCUT2D eigenvalue weighted by molar-refractivity contribution is -0.161. The van der Waals surface area contributed by atoms with Gasteiger partial charge in [0.15, 0.2) is 0 Å². The van der Waals surface area contributed by atoms with Crippen molar-refractivity contribution < 1.29 is 19.1 Å². The maximum Gasteiger partial charge on any atom is 0.397 e. The molecule has 0 bridgehead atoms. The van der Waals surface area contributed by atoms with Crippen LogP contribution < -0.4 is 0 Å². The number of carbonyl (C=O) groups is 2. The number of rotatable bonds is 2. The van der Waals surface area contributed by atoms with E-state index in [1.165, 1.54) is 4.90 Å². The van der Waals surface area contributed by atoms with Gasteiger partial charge >= 0.3 is 11.9 Å². The molecule has 1 aliphatic rings. The van der Waals surface area contributed by atoms with Crippen LogP contribution in [0.25, 0.3) is 0 Å². The van der Waals surface area contributed by atoms with Gasteiger partial charge in [-0.05, 0) is 19.8 Å². The highest BCUT2D eigenvalue weighted by molar-refractivity contribution is 6.32. The molecule has 1 fully saturated rings. The van der Waals surface area contributed by atoms with E-state index in [0.29, 0.717) is 13.2 Å². The van der Waals surface area contributed by atoms with Gasteiger partial charge < -0.3 is 14.4 Å². The van der Waals surface area contributed by atoms with E-state index < -0.39 is 11.9 Å². The second-order valence-corrected chi connectivity index (χ2v) is 3.48. The van der Waals surface area contributed by atoms with Crippen molar-refractivity contribution in [2.75, 3.05) is 26.9 Å². The van der Waals surface area contributed by atoms with Crippen molar-refractivity contribution in [1.29, 1.82) is 0 Å². The molecule has 0 aliphatic carbocycles. The molecular weight excluding hydrogens is 198 g/mol. The minimum atomic E-state index is -0.772. The van der Waals surface area contributed by atoms with E-state index in [1.54, 1.807) is 14.0 Å². The summed E-state index contributed by atoms with van der Waals surface area (Å²) in [5.74, 6) is -1.34. The van der Waals surface area contributed by atoms with Crippen molar-refractivity contribution in [3.63, 3.8) is 0 Å². The first-order valence-electron chi connectivity index (χ1n) is 5.18. The summed E-state index contributed by atoms with van der Waals surface area (Å²) in [6.45, 7) is 3.20. The summed E-state index contributed by atoms with van der Waals surface area (Å²) in [4.78, 5) is 24.2. The minimum Gasteiger partial charge on any atom is -0.459 e. The van der Waals surface area contributed by atoms with Crippen LogP contribution in [0.1, 0.15) is 19.8 Å². The quantitative estimate of drug-likeness (QED) is 0.487. The van der Waals surface area contributed by atoms with Crippen LogP contribution in [0.3, 0.4) is 0 Å². The largest absolute Gasteiger partial charge is 0.459 e. The summed E-state index contributed by atoms with van der Waals surface area (Å²) in [5, 5.41) is 0. The SMILES string of the molecule is CCOC(=O)C(=O)N(C)C1CCOCC1. The molecule has 0 saturated carbocycles. The Balaban J connectivity index is 2.47. The Hall–Kier alpha value is -1.10.